The van der Waals surface area contributed by atoms with Crippen LogP contribution in [-0.4, -0.2) is 45.9 Å². The van der Waals surface area contributed by atoms with Gasteiger partial charge in [-0.1, -0.05) is 12.1 Å². The molecule has 0 atom stereocenters. The highest BCUT2D eigenvalue weighted by molar-refractivity contribution is 5.94. The van der Waals surface area contributed by atoms with E-state index in [0.717, 1.165) is 29.3 Å². The number of halogens is 3. The van der Waals surface area contributed by atoms with Gasteiger partial charge in [-0.3, -0.25) is 9.59 Å². The summed E-state index contributed by atoms with van der Waals surface area (Å²) < 4.78 is 37.6. The number of carboxylic acid groups (broad SMARTS) is 1. The smallest absolute Gasteiger partial charge is 0.416 e. The lowest BCUT2D eigenvalue weighted by molar-refractivity contribution is -0.137. The van der Waals surface area contributed by atoms with Crippen molar-refractivity contribution in [3.8, 4) is 0 Å². The molecule has 0 unspecified atom stereocenters. The highest BCUT2D eigenvalue weighted by Gasteiger charge is 2.29. The van der Waals surface area contributed by atoms with E-state index < -0.39 is 23.6 Å². The molecule has 0 aliphatic carbocycles. The topological polar surface area (TPSA) is 99.6 Å². The molecule has 2 heterocycles. The maximum atomic E-state index is 12.5. The van der Waals surface area contributed by atoms with Crippen LogP contribution in [0.1, 0.15) is 32.7 Å². The lowest BCUT2D eigenvalue weighted by Crippen LogP contribution is -2.42. The third kappa shape index (κ3) is 5.68. The summed E-state index contributed by atoms with van der Waals surface area (Å²) in [6, 6.07) is 5.82. The second-order valence-electron chi connectivity index (χ2n) is 6.88. The van der Waals surface area contributed by atoms with E-state index in [-0.39, 0.29) is 24.7 Å². The summed E-state index contributed by atoms with van der Waals surface area (Å²) in [5.74, 6) is -1.99. The third-order valence-corrected chi connectivity index (χ3v) is 4.75. The predicted molar refractivity (Wildman–Crippen MR) is 104 cm³/mol. The fraction of sp³-hybridized carbons (Fsp3) is 0.238. The summed E-state index contributed by atoms with van der Waals surface area (Å²) in [5, 5.41) is 11.4. The first-order valence-corrected chi connectivity index (χ1v) is 9.25. The van der Waals surface area contributed by atoms with Crippen LogP contribution in [0.3, 0.4) is 0 Å². The van der Waals surface area contributed by atoms with Crippen LogP contribution in [0.25, 0.3) is 6.08 Å². The first-order valence-electron chi connectivity index (χ1n) is 9.25. The number of nitrogens with one attached hydrogen (secondary N) is 1. The minimum atomic E-state index is -4.43. The van der Waals surface area contributed by atoms with Gasteiger partial charge in [0.1, 0.15) is 5.69 Å². The number of nitrogens with zero attached hydrogens (tertiary/aromatic N) is 2. The SMILES string of the molecule is O=C(/C=C/c1ccc(C(F)(F)F)cc1)NCC(=O)N1CCc2cc(C(=O)O)ncc2C1. The molecule has 1 aliphatic heterocycles. The van der Waals surface area contributed by atoms with Gasteiger partial charge in [0.25, 0.3) is 0 Å². The second kappa shape index (κ2) is 8.99. The van der Waals surface area contributed by atoms with Gasteiger partial charge in [-0.05, 0) is 47.4 Å². The Labute approximate surface area is 175 Å². The third-order valence-electron chi connectivity index (χ3n) is 4.75. The van der Waals surface area contributed by atoms with E-state index in [0.29, 0.717) is 18.5 Å². The Kier molecular flexibility index (Phi) is 6.38. The first kappa shape index (κ1) is 22.0. The van der Waals surface area contributed by atoms with Crippen LogP contribution in [0.5, 0.6) is 0 Å². The molecule has 0 radical (unpaired) electrons. The number of alkyl halides is 3. The fourth-order valence-electron chi connectivity index (χ4n) is 3.06. The molecule has 162 valence electrons. The highest BCUT2D eigenvalue weighted by atomic mass is 19.4. The van der Waals surface area contributed by atoms with Crippen LogP contribution in [0.15, 0.2) is 42.6 Å². The molecule has 0 saturated heterocycles. The van der Waals surface area contributed by atoms with Crippen LogP contribution in [-0.2, 0) is 28.7 Å². The van der Waals surface area contributed by atoms with Crippen molar-refractivity contribution < 1.29 is 32.7 Å². The minimum absolute atomic E-state index is 0.0503. The number of hydrogen-bond acceptors (Lipinski definition) is 4. The molecule has 3 rings (SSSR count). The van der Waals surface area contributed by atoms with E-state index in [2.05, 4.69) is 10.3 Å². The zero-order valence-corrected chi connectivity index (χ0v) is 16.1. The Morgan fingerprint density at radius 3 is 2.52 bits per heavy atom. The monoisotopic (exact) mass is 433 g/mol. The second-order valence-corrected chi connectivity index (χ2v) is 6.88. The fourth-order valence-corrected chi connectivity index (χ4v) is 3.06. The molecule has 7 nitrogen and oxygen atoms in total. The molecule has 0 fully saturated rings. The molecule has 2 aromatic rings. The Hall–Kier alpha value is -3.69. The van der Waals surface area contributed by atoms with Gasteiger partial charge in [0, 0.05) is 25.4 Å². The number of carboxylic acids is 1. The number of carbonyl (C=O) groups is 3. The average molecular weight is 433 g/mol. The van der Waals surface area contributed by atoms with Gasteiger partial charge in [-0.2, -0.15) is 13.2 Å². The van der Waals surface area contributed by atoms with E-state index in [4.69, 9.17) is 5.11 Å². The van der Waals surface area contributed by atoms with Crippen molar-refractivity contribution >= 4 is 23.9 Å². The molecule has 0 saturated carbocycles. The van der Waals surface area contributed by atoms with Gasteiger partial charge >= 0.3 is 12.1 Å². The Balaban J connectivity index is 1.51. The standard InChI is InChI=1S/C21H18F3N3O4/c22-21(23,24)16-4-1-13(2-5-16)3-6-18(28)26-11-19(29)27-8-7-14-9-17(20(30)31)25-10-15(14)12-27/h1-6,9-10H,7-8,11-12H2,(H,26,28)(H,30,31)/b6-3+. The van der Waals surface area contributed by atoms with Gasteiger partial charge in [-0.25, -0.2) is 9.78 Å². The summed E-state index contributed by atoms with van der Waals surface area (Å²) >= 11 is 0. The molecule has 10 heteroatoms. The van der Waals surface area contributed by atoms with Gasteiger partial charge in [0.15, 0.2) is 0 Å². The summed E-state index contributed by atoms with van der Waals surface area (Å²) in [6.07, 6.45) is -0.0274. The Morgan fingerprint density at radius 1 is 1.16 bits per heavy atom. The van der Waals surface area contributed by atoms with Crippen LogP contribution < -0.4 is 5.32 Å². The number of amides is 2. The van der Waals surface area contributed by atoms with Crippen molar-refractivity contribution in [2.45, 2.75) is 19.1 Å². The zero-order chi connectivity index (χ0) is 22.6. The van der Waals surface area contributed by atoms with Crippen LogP contribution in [0, 0.1) is 0 Å². The Morgan fingerprint density at radius 2 is 1.87 bits per heavy atom. The lowest BCUT2D eigenvalue weighted by Gasteiger charge is -2.28. The summed E-state index contributed by atoms with van der Waals surface area (Å²) in [5.41, 5.74) is 1.15. The zero-order valence-electron chi connectivity index (χ0n) is 16.1. The number of aromatic carboxylic acids is 1. The van der Waals surface area contributed by atoms with Crippen molar-refractivity contribution in [1.29, 1.82) is 0 Å². The average Bonchev–Trinajstić information content (AvgIpc) is 2.74. The molecular weight excluding hydrogens is 415 g/mol. The molecule has 1 aromatic carbocycles. The number of benzene rings is 1. The maximum Gasteiger partial charge on any atom is 0.416 e. The summed E-state index contributed by atoms with van der Waals surface area (Å²) in [4.78, 5) is 40.6. The molecule has 0 bridgehead atoms. The van der Waals surface area contributed by atoms with Crippen LogP contribution in [0.2, 0.25) is 0 Å². The number of carbonyl (C=O) groups excluding carboxylic acids is 2. The van der Waals surface area contributed by atoms with Gasteiger partial charge < -0.3 is 15.3 Å². The van der Waals surface area contributed by atoms with Crippen molar-refractivity contribution in [3.05, 3.63) is 70.6 Å². The maximum absolute atomic E-state index is 12.5. The van der Waals surface area contributed by atoms with Gasteiger partial charge in [0.05, 0.1) is 12.1 Å². The quantitative estimate of drug-likeness (QED) is 0.706. The van der Waals surface area contributed by atoms with Crippen LogP contribution in [0.4, 0.5) is 13.2 Å². The number of fused-ring (bicyclic) bond motifs is 1. The number of aromatic nitrogens is 1. The lowest BCUT2D eigenvalue weighted by atomic mass is 10.0. The predicted octanol–water partition coefficient (Wildman–Crippen LogP) is 2.51. The normalized spacial score (nSPS) is 13.7. The Bertz CT molecular complexity index is 1030. The number of hydrogen-bond donors (Lipinski definition) is 2. The minimum Gasteiger partial charge on any atom is -0.477 e. The van der Waals surface area contributed by atoms with Crippen molar-refractivity contribution in [1.82, 2.24) is 15.2 Å². The van der Waals surface area contributed by atoms with Crippen molar-refractivity contribution in [2.75, 3.05) is 13.1 Å². The molecule has 0 spiro atoms. The van der Waals surface area contributed by atoms with Crippen molar-refractivity contribution in [2.24, 2.45) is 0 Å². The summed E-state index contributed by atoms with van der Waals surface area (Å²) in [6.45, 7) is 0.399. The number of rotatable bonds is 5. The molecule has 1 aromatic heterocycles. The first-order chi connectivity index (χ1) is 14.6. The van der Waals surface area contributed by atoms with E-state index in [1.807, 2.05) is 0 Å². The van der Waals surface area contributed by atoms with Crippen molar-refractivity contribution in [3.63, 3.8) is 0 Å². The molecule has 2 N–H and O–H groups in total. The number of pyridine rings is 1. The molecular formula is C21H18F3N3O4. The van der Waals surface area contributed by atoms with Gasteiger partial charge in [0.2, 0.25) is 11.8 Å². The summed E-state index contributed by atoms with van der Waals surface area (Å²) in [7, 11) is 0. The van der Waals surface area contributed by atoms with E-state index in [1.54, 1.807) is 0 Å². The van der Waals surface area contributed by atoms with Gasteiger partial charge in [-0.15, -0.1) is 0 Å². The van der Waals surface area contributed by atoms with E-state index >= 15 is 0 Å². The van der Waals surface area contributed by atoms with Crippen LogP contribution >= 0.6 is 0 Å². The molecule has 31 heavy (non-hydrogen) atoms. The molecule has 1 aliphatic rings. The highest BCUT2D eigenvalue weighted by Crippen LogP contribution is 2.29. The largest absolute Gasteiger partial charge is 0.477 e. The molecule has 2 amide bonds. The van der Waals surface area contributed by atoms with E-state index in [9.17, 15) is 27.6 Å². The van der Waals surface area contributed by atoms with E-state index in [1.165, 1.54) is 35.4 Å².